The third-order valence-corrected chi connectivity index (χ3v) is 7.10. The number of piperidine rings is 1. The van der Waals surface area contributed by atoms with E-state index < -0.39 is 12.5 Å². The molecule has 6 nitrogen and oxygen atoms in total. The third-order valence-electron chi connectivity index (χ3n) is 7.10. The Morgan fingerprint density at radius 3 is 2.65 bits per heavy atom. The summed E-state index contributed by atoms with van der Waals surface area (Å²) >= 11 is 0. The number of anilines is 1. The first-order valence-corrected chi connectivity index (χ1v) is 11.8. The van der Waals surface area contributed by atoms with Crippen LogP contribution in [0.15, 0.2) is 6.07 Å². The summed E-state index contributed by atoms with van der Waals surface area (Å²) in [5.74, 6) is 1.18. The lowest BCUT2D eigenvalue weighted by atomic mass is 9.84. The largest absolute Gasteiger partial charge is 0.378 e. The van der Waals surface area contributed by atoms with Gasteiger partial charge in [0.15, 0.2) is 0 Å². The molecule has 4 rings (SSSR count). The quantitative estimate of drug-likeness (QED) is 0.742. The molecule has 3 aliphatic heterocycles. The van der Waals surface area contributed by atoms with Gasteiger partial charge in [0, 0.05) is 43.6 Å². The molecule has 2 saturated heterocycles. The number of rotatable bonds is 5. The zero-order valence-corrected chi connectivity index (χ0v) is 18.9. The SMILES string of the molecule is CC(C)(C)c1cc2n(n1)[C@@H](C(F)F)C[C@@H](C1CCN(C(=O)CC[C@@H]3CCCO3)CC1)N2. The Labute approximate surface area is 183 Å². The second-order valence-corrected chi connectivity index (χ2v) is 10.4. The molecule has 0 saturated carbocycles. The molecular formula is C23H36F2N4O2. The van der Waals surface area contributed by atoms with Crippen LogP contribution in [0.3, 0.4) is 0 Å². The summed E-state index contributed by atoms with van der Waals surface area (Å²) in [5, 5.41) is 8.00. The molecule has 2 fully saturated rings. The van der Waals surface area contributed by atoms with Gasteiger partial charge < -0.3 is 15.0 Å². The van der Waals surface area contributed by atoms with Crippen molar-refractivity contribution in [3.63, 3.8) is 0 Å². The smallest absolute Gasteiger partial charge is 0.260 e. The van der Waals surface area contributed by atoms with E-state index in [1.54, 1.807) is 0 Å². The van der Waals surface area contributed by atoms with Crippen LogP contribution in [0.25, 0.3) is 0 Å². The van der Waals surface area contributed by atoms with Crippen LogP contribution in [0.2, 0.25) is 0 Å². The topological polar surface area (TPSA) is 59.4 Å². The fourth-order valence-electron chi connectivity index (χ4n) is 5.12. The van der Waals surface area contributed by atoms with Crippen LogP contribution in [-0.4, -0.2) is 58.9 Å². The van der Waals surface area contributed by atoms with Crippen molar-refractivity contribution in [1.29, 1.82) is 0 Å². The van der Waals surface area contributed by atoms with E-state index in [4.69, 9.17) is 4.74 Å². The van der Waals surface area contributed by atoms with Gasteiger partial charge in [-0.1, -0.05) is 20.8 Å². The van der Waals surface area contributed by atoms with E-state index in [0.29, 0.717) is 31.7 Å². The number of carbonyl (C=O) groups is 1. The van der Waals surface area contributed by atoms with Crippen molar-refractivity contribution in [2.24, 2.45) is 5.92 Å². The molecule has 3 aliphatic rings. The van der Waals surface area contributed by atoms with Crippen LogP contribution >= 0.6 is 0 Å². The molecule has 1 aromatic rings. The average molecular weight is 439 g/mol. The van der Waals surface area contributed by atoms with Gasteiger partial charge >= 0.3 is 0 Å². The van der Waals surface area contributed by atoms with Gasteiger partial charge in [0.05, 0.1) is 11.8 Å². The molecule has 0 bridgehead atoms. The van der Waals surface area contributed by atoms with Crippen molar-refractivity contribution >= 4 is 11.7 Å². The Hall–Kier alpha value is -1.70. The zero-order chi connectivity index (χ0) is 22.2. The highest BCUT2D eigenvalue weighted by Crippen LogP contribution is 2.38. The monoisotopic (exact) mass is 438 g/mol. The first-order valence-electron chi connectivity index (χ1n) is 11.8. The molecule has 0 radical (unpaired) electrons. The maximum atomic E-state index is 13.9. The Kier molecular flexibility index (Phi) is 6.56. The van der Waals surface area contributed by atoms with Crippen LogP contribution in [0.5, 0.6) is 0 Å². The highest BCUT2D eigenvalue weighted by atomic mass is 19.3. The van der Waals surface area contributed by atoms with E-state index in [1.807, 2.05) is 31.7 Å². The summed E-state index contributed by atoms with van der Waals surface area (Å²) in [6.45, 7) is 8.36. The van der Waals surface area contributed by atoms with Gasteiger partial charge in [-0.25, -0.2) is 13.5 Å². The predicted molar refractivity (Wildman–Crippen MR) is 116 cm³/mol. The van der Waals surface area contributed by atoms with Gasteiger partial charge in [0.1, 0.15) is 11.9 Å². The number of ether oxygens (including phenoxy) is 1. The first kappa shape index (κ1) is 22.5. The fourth-order valence-corrected chi connectivity index (χ4v) is 5.12. The van der Waals surface area contributed by atoms with E-state index in [2.05, 4.69) is 10.4 Å². The summed E-state index contributed by atoms with van der Waals surface area (Å²) in [5.41, 5.74) is 0.636. The standard InChI is InChI=1S/C23H36F2N4O2/c1-23(2,3)19-14-20-26-17(13-18(22(24)25)29(20)27-19)15-8-10-28(11-9-15)21(30)7-6-16-5-4-12-31-16/h14-18,22,26H,4-13H2,1-3H3/t16-,17-,18+/m0/s1. The van der Waals surface area contributed by atoms with E-state index in [9.17, 15) is 13.6 Å². The van der Waals surface area contributed by atoms with Crippen molar-refractivity contribution in [2.45, 2.75) is 95.7 Å². The van der Waals surface area contributed by atoms with Crippen molar-refractivity contribution < 1.29 is 18.3 Å². The van der Waals surface area contributed by atoms with Crippen molar-refractivity contribution in [3.05, 3.63) is 11.8 Å². The lowest BCUT2D eigenvalue weighted by Gasteiger charge is -2.40. The van der Waals surface area contributed by atoms with E-state index in [0.717, 1.165) is 44.4 Å². The van der Waals surface area contributed by atoms with Crippen LogP contribution in [0, 0.1) is 5.92 Å². The lowest BCUT2D eigenvalue weighted by Crippen LogP contribution is -2.46. The summed E-state index contributed by atoms with van der Waals surface area (Å²) in [4.78, 5) is 14.5. The van der Waals surface area contributed by atoms with Crippen molar-refractivity contribution in [1.82, 2.24) is 14.7 Å². The van der Waals surface area contributed by atoms with Crippen LogP contribution in [-0.2, 0) is 14.9 Å². The maximum absolute atomic E-state index is 13.9. The molecule has 3 atom stereocenters. The summed E-state index contributed by atoms with van der Waals surface area (Å²) in [7, 11) is 0. The number of nitrogens with one attached hydrogen (secondary N) is 1. The molecular weight excluding hydrogens is 402 g/mol. The summed E-state index contributed by atoms with van der Waals surface area (Å²) < 4.78 is 34.9. The van der Waals surface area contributed by atoms with Crippen molar-refractivity contribution in [2.75, 3.05) is 25.0 Å². The number of halogens is 2. The normalized spacial score (nSPS) is 27.4. The number of amides is 1. The van der Waals surface area contributed by atoms with Crippen LogP contribution in [0.1, 0.15) is 77.5 Å². The number of hydrogen-bond acceptors (Lipinski definition) is 4. The highest BCUT2D eigenvalue weighted by Gasteiger charge is 2.39. The number of likely N-dealkylation sites (tertiary alicyclic amines) is 1. The molecule has 0 spiro atoms. The molecule has 4 heterocycles. The number of hydrogen-bond donors (Lipinski definition) is 1. The van der Waals surface area contributed by atoms with Crippen LogP contribution < -0.4 is 5.32 Å². The zero-order valence-electron chi connectivity index (χ0n) is 18.9. The Morgan fingerprint density at radius 2 is 2.03 bits per heavy atom. The van der Waals surface area contributed by atoms with E-state index >= 15 is 0 Å². The van der Waals surface area contributed by atoms with Gasteiger partial charge in [-0.3, -0.25) is 4.79 Å². The lowest BCUT2D eigenvalue weighted by molar-refractivity contribution is -0.133. The Bertz CT molecular complexity index is 762. The number of carbonyl (C=O) groups excluding carboxylic acids is 1. The number of alkyl halides is 2. The average Bonchev–Trinajstić information content (AvgIpc) is 3.40. The number of fused-ring (bicyclic) bond motifs is 1. The molecule has 1 N–H and O–H groups in total. The van der Waals surface area contributed by atoms with Gasteiger partial charge in [0.2, 0.25) is 5.91 Å². The highest BCUT2D eigenvalue weighted by molar-refractivity contribution is 5.76. The molecule has 8 heteroatoms. The minimum atomic E-state index is -2.45. The molecule has 0 unspecified atom stereocenters. The predicted octanol–water partition coefficient (Wildman–Crippen LogP) is 4.37. The third kappa shape index (κ3) is 5.04. The minimum absolute atomic E-state index is 0.0137. The molecule has 1 aromatic heterocycles. The summed E-state index contributed by atoms with van der Waals surface area (Å²) in [6.07, 6.45) is 3.35. The van der Waals surface area contributed by atoms with E-state index in [-0.39, 0.29) is 29.4 Å². The Morgan fingerprint density at radius 1 is 1.29 bits per heavy atom. The molecule has 174 valence electrons. The first-order chi connectivity index (χ1) is 14.7. The molecule has 0 aliphatic carbocycles. The van der Waals surface area contributed by atoms with Gasteiger partial charge in [-0.15, -0.1) is 0 Å². The molecule has 1 amide bonds. The van der Waals surface area contributed by atoms with E-state index in [1.165, 1.54) is 4.68 Å². The Balaban J connectivity index is 1.35. The maximum Gasteiger partial charge on any atom is 0.260 e. The fraction of sp³-hybridized carbons (Fsp3) is 0.826. The van der Waals surface area contributed by atoms with Crippen LogP contribution in [0.4, 0.5) is 14.6 Å². The minimum Gasteiger partial charge on any atom is -0.378 e. The van der Waals surface area contributed by atoms with Crippen molar-refractivity contribution in [3.8, 4) is 0 Å². The second kappa shape index (κ2) is 9.04. The van der Waals surface area contributed by atoms with Gasteiger partial charge in [0.25, 0.3) is 6.43 Å². The molecule has 0 aromatic carbocycles. The van der Waals surface area contributed by atoms with Gasteiger partial charge in [-0.2, -0.15) is 5.10 Å². The number of nitrogens with zero attached hydrogens (tertiary/aromatic N) is 3. The summed E-state index contributed by atoms with van der Waals surface area (Å²) in [6, 6.07) is 1.01. The van der Waals surface area contributed by atoms with Gasteiger partial charge in [-0.05, 0) is 44.4 Å². The molecule has 31 heavy (non-hydrogen) atoms. The number of aromatic nitrogens is 2. The second-order valence-electron chi connectivity index (χ2n) is 10.4.